The van der Waals surface area contributed by atoms with Crippen LogP contribution in [0.3, 0.4) is 0 Å². The number of nitrogens with zero attached hydrogens (tertiary/aromatic N) is 1. The molecule has 1 aliphatic rings. The predicted molar refractivity (Wildman–Crippen MR) is 51.5 cm³/mol. The molecule has 13 heavy (non-hydrogen) atoms. The lowest BCUT2D eigenvalue weighted by Gasteiger charge is -2.14. The van der Waals surface area contributed by atoms with E-state index in [-0.39, 0.29) is 12.2 Å². The molecule has 2 heteroatoms. The van der Waals surface area contributed by atoms with Crippen molar-refractivity contribution in [2.45, 2.75) is 38.9 Å². The van der Waals surface area contributed by atoms with Gasteiger partial charge in [0, 0.05) is 6.20 Å². The molecule has 0 unspecified atom stereocenters. The molecular weight excluding hydrogens is 162 g/mol. The van der Waals surface area contributed by atoms with Crippen molar-refractivity contribution in [3.8, 4) is 0 Å². The van der Waals surface area contributed by atoms with Crippen molar-refractivity contribution in [2.24, 2.45) is 0 Å². The van der Waals surface area contributed by atoms with Crippen molar-refractivity contribution in [3.05, 3.63) is 29.6 Å². The third kappa shape index (κ3) is 1.73. The maximum atomic E-state index is 5.78. The smallest absolute Gasteiger partial charge is 0.100 e. The van der Waals surface area contributed by atoms with Crippen LogP contribution in [-0.4, -0.2) is 11.1 Å². The number of aromatic nitrogens is 1. The summed E-state index contributed by atoms with van der Waals surface area (Å²) >= 11 is 0. The molecule has 0 saturated carbocycles. The summed E-state index contributed by atoms with van der Waals surface area (Å²) < 4.78 is 5.78. The van der Waals surface area contributed by atoms with E-state index in [1.165, 1.54) is 5.56 Å². The highest BCUT2D eigenvalue weighted by Crippen LogP contribution is 2.32. The Morgan fingerprint density at radius 2 is 2.38 bits per heavy atom. The Balaban J connectivity index is 2.18. The Morgan fingerprint density at radius 1 is 1.54 bits per heavy atom. The molecule has 0 radical (unpaired) electrons. The lowest BCUT2D eigenvalue weighted by molar-refractivity contribution is 0.00573. The van der Waals surface area contributed by atoms with Gasteiger partial charge in [0.2, 0.25) is 0 Å². The molecule has 0 amide bonds. The molecule has 0 aliphatic heterocycles. The van der Waals surface area contributed by atoms with E-state index in [4.69, 9.17) is 4.74 Å². The topological polar surface area (TPSA) is 22.1 Å². The first-order valence-electron chi connectivity index (χ1n) is 4.86. The van der Waals surface area contributed by atoms with E-state index >= 15 is 0 Å². The molecule has 1 heterocycles. The number of pyridine rings is 1. The first kappa shape index (κ1) is 8.70. The molecule has 0 fully saturated rings. The van der Waals surface area contributed by atoms with Crippen LogP contribution in [0.25, 0.3) is 0 Å². The van der Waals surface area contributed by atoms with Crippen molar-refractivity contribution in [1.82, 2.24) is 4.98 Å². The van der Waals surface area contributed by atoms with Crippen molar-refractivity contribution in [1.29, 1.82) is 0 Å². The van der Waals surface area contributed by atoms with Crippen LogP contribution in [0.2, 0.25) is 0 Å². The molecule has 2 rings (SSSR count). The summed E-state index contributed by atoms with van der Waals surface area (Å²) in [5, 5.41) is 0. The molecule has 1 atom stereocenters. The van der Waals surface area contributed by atoms with Crippen molar-refractivity contribution in [2.75, 3.05) is 0 Å². The molecule has 0 bridgehead atoms. The minimum atomic E-state index is 0.233. The molecule has 70 valence electrons. The summed E-state index contributed by atoms with van der Waals surface area (Å²) in [4.78, 5) is 4.37. The summed E-state index contributed by atoms with van der Waals surface area (Å²) in [6, 6.07) is 4.14. The molecule has 0 aromatic carbocycles. The van der Waals surface area contributed by atoms with Gasteiger partial charge in [-0.1, -0.05) is 6.07 Å². The van der Waals surface area contributed by atoms with Crippen molar-refractivity contribution >= 4 is 0 Å². The summed E-state index contributed by atoms with van der Waals surface area (Å²) in [7, 11) is 0. The second kappa shape index (κ2) is 3.46. The minimum absolute atomic E-state index is 0.233. The van der Waals surface area contributed by atoms with E-state index in [1.54, 1.807) is 0 Å². The molecule has 0 N–H and O–H groups in total. The highest BCUT2D eigenvalue weighted by Gasteiger charge is 2.24. The van der Waals surface area contributed by atoms with E-state index in [0.29, 0.717) is 0 Å². The average molecular weight is 177 g/mol. The Labute approximate surface area is 78.9 Å². The van der Waals surface area contributed by atoms with Crippen LogP contribution in [0.15, 0.2) is 18.3 Å². The van der Waals surface area contributed by atoms with E-state index in [9.17, 15) is 0 Å². The number of hydrogen-bond acceptors (Lipinski definition) is 2. The third-order valence-electron chi connectivity index (χ3n) is 2.34. The van der Waals surface area contributed by atoms with Crippen LogP contribution in [0, 0.1) is 0 Å². The van der Waals surface area contributed by atoms with E-state index in [1.807, 2.05) is 12.3 Å². The van der Waals surface area contributed by atoms with Gasteiger partial charge >= 0.3 is 0 Å². The van der Waals surface area contributed by atoms with Crippen molar-refractivity contribution < 1.29 is 4.74 Å². The van der Waals surface area contributed by atoms with Crippen LogP contribution >= 0.6 is 0 Å². The fraction of sp³-hybridized carbons (Fsp3) is 0.545. The van der Waals surface area contributed by atoms with Gasteiger partial charge in [-0.05, 0) is 38.3 Å². The Bertz CT molecular complexity index is 296. The number of rotatable bonds is 2. The molecule has 2 nitrogen and oxygen atoms in total. The summed E-state index contributed by atoms with van der Waals surface area (Å²) in [5.74, 6) is 0. The van der Waals surface area contributed by atoms with Crippen LogP contribution in [0.5, 0.6) is 0 Å². The fourth-order valence-electron chi connectivity index (χ4n) is 1.84. The number of aryl methyl sites for hydroxylation is 1. The normalized spacial score (nSPS) is 20.7. The SMILES string of the molecule is CC(C)O[C@@H]1CCc2cccnc21. The van der Waals surface area contributed by atoms with Gasteiger partial charge in [0.05, 0.1) is 11.8 Å². The maximum absolute atomic E-state index is 5.78. The zero-order chi connectivity index (χ0) is 9.26. The first-order chi connectivity index (χ1) is 6.27. The van der Waals surface area contributed by atoms with Crippen LogP contribution in [0.1, 0.15) is 37.6 Å². The fourth-order valence-corrected chi connectivity index (χ4v) is 1.84. The molecule has 0 spiro atoms. The van der Waals surface area contributed by atoms with Crippen LogP contribution < -0.4 is 0 Å². The molecule has 1 aliphatic carbocycles. The largest absolute Gasteiger partial charge is 0.369 e. The number of ether oxygens (including phenoxy) is 1. The van der Waals surface area contributed by atoms with E-state index in [0.717, 1.165) is 18.5 Å². The summed E-state index contributed by atoms with van der Waals surface area (Å²) in [5.41, 5.74) is 2.50. The average Bonchev–Trinajstić information content (AvgIpc) is 2.48. The molecule has 1 aromatic rings. The number of hydrogen-bond donors (Lipinski definition) is 0. The Kier molecular flexibility index (Phi) is 2.32. The van der Waals surface area contributed by atoms with Gasteiger partial charge in [0.25, 0.3) is 0 Å². The standard InChI is InChI=1S/C11H15NO/c1-8(2)13-10-6-5-9-4-3-7-12-11(9)10/h3-4,7-8,10H,5-6H2,1-2H3/t10-/m1/s1. The molecule has 1 aromatic heterocycles. The minimum Gasteiger partial charge on any atom is -0.369 e. The predicted octanol–water partition coefficient (Wildman–Crippen LogP) is 2.49. The summed E-state index contributed by atoms with van der Waals surface area (Å²) in [6.07, 6.45) is 4.57. The molecule has 0 saturated heterocycles. The first-order valence-corrected chi connectivity index (χ1v) is 4.86. The zero-order valence-electron chi connectivity index (χ0n) is 8.16. The third-order valence-corrected chi connectivity index (χ3v) is 2.34. The van der Waals surface area contributed by atoms with Gasteiger partial charge in [-0.3, -0.25) is 4.98 Å². The summed E-state index contributed by atoms with van der Waals surface area (Å²) in [6.45, 7) is 4.14. The maximum Gasteiger partial charge on any atom is 0.100 e. The van der Waals surface area contributed by atoms with Gasteiger partial charge in [-0.2, -0.15) is 0 Å². The highest BCUT2D eigenvalue weighted by atomic mass is 16.5. The Hall–Kier alpha value is -0.890. The zero-order valence-corrected chi connectivity index (χ0v) is 8.16. The van der Waals surface area contributed by atoms with Gasteiger partial charge in [-0.25, -0.2) is 0 Å². The number of fused-ring (bicyclic) bond motifs is 1. The quantitative estimate of drug-likeness (QED) is 0.692. The van der Waals surface area contributed by atoms with E-state index in [2.05, 4.69) is 24.9 Å². The van der Waals surface area contributed by atoms with Gasteiger partial charge in [0.1, 0.15) is 6.10 Å². The lowest BCUT2D eigenvalue weighted by atomic mass is 10.2. The van der Waals surface area contributed by atoms with Gasteiger partial charge < -0.3 is 4.74 Å². The van der Waals surface area contributed by atoms with Gasteiger partial charge in [0.15, 0.2) is 0 Å². The van der Waals surface area contributed by atoms with Gasteiger partial charge in [-0.15, -0.1) is 0 Å². The second-order valence-electron chi connectivity index (χ2n) is 3.76. The van der Waals surface area contributed by atoms with Crippen LogP contribution in [0.4, 0.5) is 0 Å². The van der Waals surface area contributed by atoms with E-state index < -0.39 is 0 Å². The van der Waals surface area contributed by atoms with Crippen molar-refractivity contribution in [3.63, 3.8) is 0 Å². The van der Waals surface area contributed by atoms with Crippen LogP contribution in [-0.2, 0) is 11.2 Å². The highest BCUT2D eigenvalue weighted by molar-refractivity contribution is 5.26. The monoisotopic (exact) mass is 177 g/mol. The Morgan fingerprint density at radius 3 is 3.15 bits per heavy atom. The molecular formula is C11H15NO. The second-order valence-corrected chi connectivity index (χ2v) is 3.76. The lowest BCUT2D eigenvalue weighted by Crippen LogP contribution is -2.08.